The predicted octanol–water partition coefficient (Wildman–Crippen LogP) is 3.30. The van der Waals surface area contributed by atoms with Gasteiger partial charge in [-0.1, -0.05) is 25.1 Å². The largest absolute Gasteiger partial charge is 0.433 e. The molecule has 0 atom stereocenters. The molecule has 31 heavy (non-hydrogen) atoms. The second-order valence-corrected chi connectivity index (χ2v) is 8.87. The molecule has 8 nitrogen and oxygen atoms in total. The van der Waals surface area contributed by atoms with Crippen LogP contribution in [0.15, 0.2) is 47.6 Å². The van der Waals surface area contributed by atoms with E-state index in [1.165, 1.54) is 24.6 Å². The van der Waals surface area contributed by atoms with E-state index in [9.17, 15) is 21.6 Å². The molecule has 0 bridgehead atoms. The first-order valence-electron chi connectivity index (χ1n) is 9.03. The van der Waals surface area contributed by atoms with Gasteiger partial charge in [0.15, 0.2) is 21.5 Å². The number of sulfone groups is 1. The lowest BCUT2D eigenvalue weighted by molar-refractivity contribution is -0.141. The van der Waals surface area contributed by atoms with Crippen LogP contribution in [0, 0.1) is 0 Å². The molecule has 0 aliphatic carbocycles. The van der Waals surface area contributed by atoms with Gasteiger partial charge in [0.2, 0.25) is 0 Å². The van der Waals surface area contributed by atoms with E-state index in [0.29, 0.717) is 10.9 Å². The maximum Gasteiger partial charge on any atom is 0.433 e. The lowest BCUT2D eigenvalue weighted by Crippen LogP contribution is -2.10. The molecule has 0 saturated carbocycles. The van der Waals surface area contributed by atoms with E-state index in [0.717, 1.165) is 12.4 Å². The summed E-state index contributed by atoms with van der Waals surface area (Å²) in [6.07, 6.45) is -3.87. The second-order valence-electron chi connectivity index (χ2n) is 6.62. The third-order valence-electron chi connectivity index (χ3n) is 4.68. The maximum atomic E-state index is 13.0. The Bertz CT molecular complexity index is 1400. The normalized spacial score (nSPS) is 12.4. The lowest BCUT2D eigenvalue weighted by atomic mass is 10.2. The third-order valence-corrected chi connectivity index (χ3v) is 6.42. The number of para-hydroxylation sites is 1. The first-order valence-corrected chi connectivity index (χ1v) is 10.7. The lowest BCUT2D eigenvalue weighted by Gasteiger charge is -2.11. The van der Waals surface area contributed by atoms with Crippen LogP contribution in [0.25, 0.3) is 33.9 Å². The summed E-state index contributed by atoms with van der Waals surface area (Å²) in [5, 5.41) is 8.58. The molecule has 0 aliphatic heterocycles. The number of hydrogen-bond donors (Lipinski definition) is 0. The summed E-state index contributed by atoms with van der Waals surface area (Å²) < 4.78 is 65.9. The van der Waals surface area contributed by atoms with E-state index in [4.69, 9.17) is 0 Å². The van der Waals surface area contributed by atoms with E-state index in [1.54, 1.807) is 24.3 Å². The highest BCUT2D eigenvalue weighted by Gasteiger charge is 2.33. The number of nitrogens with zero attached hydrogens (tertiary/aromatic N) is 6. The maximum absolute atomic E-state index is 13.0. The minimum atomic E-state index is -4.65. The van der Waals surface area contributed by atoms with Crippen molar-refractivity contribution in [2.45, 2.75) is 18.0 Å². The molecule has 0 radical (unpaired) electrons. The number of rotatable bonds is 4. The molecule has 0 amide bonds. The minimum absolute atomic E-state index is 0.0118. The Labute approximate surface area is 174 Å². The van der Waals surface area contributed by atoms with E-state index in [2.05, 4.69) is 25.1 Å². The van der Waals surface area contributed by atoms with Crippen molar-refractivity contribution in [3.05, 3.63) is 48.4 Å². The fourth-order valence-corrected chi connectivity index (χ4v) is 4.09. The van der Waals surface area contributed by atoms with Gasteiger partial charge in [0, 0.05) is 12.4 Å². The van der Waals surface area contributed by atoms with Crippen molar-refractivity contribution in [2.24, 2.45) is 7.05 Å². The number of aromatic nitrogens is 6. The second kappa shape index (κ2) is 7.38. The number of fused-ring (bicyclic) bond motifs is 1. The van der Waals surface area contributed by atoms with Crippen molar-refractivity contribution < 1.29 is 21.6 Å². The summed E-state index contributed by atoms with van der Waals surface area (Å²) in [5.74, 6) is -0.0661. The van der Waals surface area contributed by atoms with Crippen LogP contribution in [-0.2, 0) is 23.1 Å². The Morgan fingerprint density at radius 1 is 1.03 bits per heavy atom. The molecule has 3 aromatic heterocycles. The van der Waals surface area contributed by atoms with Crippen LogP contribution in [0.5, 0.6) is 0 Å². The zero-order valence-corrected chi connectivity index (χ0v) is 17.1. The summed E-state index contributed by atoms with van der Waals surface area (Å²) in [7, 11) is -2.19. The molecule has 0 saturated heterocycles. The first-order chi connectivity index (χ1) is 14.6. The molecule has 1 aromatic carbocycles. The molecule has 0 unspecified atom stereocenters. The third kappa shape index (κ3) is 3.74. The molecule has 0 spiro atoms. The Balaban J connectivity index is 1.93. The van der Waals surface area contributed by atoms with Gasteiger partial charge < -0.3 is 4.57 Å². The van der Waals surface area contributed by atoms with E-state index >= 15 is 0 Å². The van der Waals surface area contributed by atoms with Gasteiger partial charge in [-0.25, -0.2) is 23.4 Å². The number of hydrogen-bond acceptors (Lipinski definition) is 7. The van der Waals surface area contributed by atoms with Crippen LogP contribution in [0.1, 0.15) is 12.6 Å². The zero-order valence-electron chi connectivity index (χ0n) is 16.3. The van der Waals surface area contributed by atoms with Crippen LogP contribution in [0.3, 0.4) is 0 Å². The van der Waals surface area contributed by atoms with Crippen molar-refractivity contribution in [3.8, 4) is 23.0 Å². The average molecular weight is 448 g/mol. The van der Waals surface area contributed by atoms with Crippen LogP contribution < -0.4 is 0 Å². The monoisotopic (exact) mass is 448 g/mol. The molecular formula is C19H15F3N6O2S. The molecule has 0 N–H and O–H groups in total. The topological polar surface area (TPSA) is 104 Å². The number of halogens is 3. The van der Waals surface area contributed by atoms with Gasteiger partial charge in [0.1, 0.15) is 23.4 Å². The number of pyridine rings is 1. The average Bonchev–Trinajstić information content (AvgIpc) is 3.13. The van der Waals surface area contributed by atoms with Crippen LogP contribution >= 0.6 is 0 Å². The Morgan fingerprint density at radius 3 is 2.45 bits per heavy atom. The fraction of sp³-hybridized carbons (Fsp3) is 0.211. The quantitative estimate of drug-likeness (QED) is 0.472. The molecule has 0 aliphatic rings. The highest BCUT2D eigenvalue weighted by Crippen LogP contribution is 2.32. The van der Waals surface area contributed by atoms with Gasteiger partial charge in [-0.15, -0.1) is 10.2 Å². The highest BCUT2D eigenvalue weighted by molar-refractivity contribution is 7.91. The Morgan fingerprint density at radius 2 is 1.74 bits per heavy atom. The molecule has 0 fully saturated rings. The van der Waals surface area contributed by atoms with Gasteiger partial charge in [0.05, 0.1) is 16.2 Å². The van der Waals surface area contributed by atoms with Crippen molar-refractivity contribution in [1.29, 1.82) is 0 Å². The Hall–Kier alpha value is -3.41. The predicted molar refractivity (Wildman–Crippen MR) is 105 cm³/mol. The molecule has 12 heteroatoms. The fourth-order valence-electron chi connectivity index (χ4n) is 3.04. The standard InChI is InChI=1S/C19H15F3N6O2S/c1-3-31(29,30)14-8-11-6-4-5-7-12(11)25-16(14)18-27-26-17(28(18)2)13-9-15(19(20,21)22)24-10-23-13/h4-10H,3H2,1-2H3. The van der Waals surface area contributed by atoms with Gasteiger partial charge in [-0.05, 0) is 18.2 Å². The van der Waals surface area contributed by atoms with Crippen molar-refractivity contribution in [3.63, 3.8) is 0 Å². The van der Waals surface area contributed by atoms with Crippen molar-refractivity contribution in [2.75, 3.05) is 5.75 Å². The van der Waals surface area contributed by atoms with Crippen LogP contribution in [0.4, 0.5) is 13.2 Å². The van der Waals surface area contributed by atoms with Gasteiger partial charge >= 0.3 is 6.18 Å². The smallest absolute Gasteiger partial charge is 0.307 e. The Kier molecular flexibility index (Phi) is 4.96. The number of alkyl halides is 3. The molecule has 160 valence electrons. The summed E-state index contributed by atoms with van der Waals surface area (Å²) in [4.78, 5) is 11.5. The summed E-state index contributed by atoms with van der Waals surface area (Å²) in [5.41, 5.74) is -0.630. The van der Waals surface area contributed by atoms with Crippen LogP contribution in [-0.4, -0.2) is 43.9 Å². The van der Waals surface area contributed by atoms with Crippen LogP contribution in [0.2, 0.25) is 0 Å². The SMILES string of the molecule is CCS(=O)(=O)c1cc2ccccc2nc1-c1nnc(-c2cc(C(F)(F)F)ncn2)n1C. The van der Waals surface area contributed by atoms with Gasteiger partial charge in [-0.2, -0.15) is 13.2 Å². The first kappa shape index (κ1) is 20.8. The van der Waals surface area contributed by atoms with E-state index in [-0.39, 0.29) is 33.7 Å². The highest BCUT2D eigenvalue weighted by atomic mass is 32.2. The minimum Gasteiger partial charge on any atom is -0.307 e. The van der Waals surface area contributed by atoms with Gasteiger partial charge in [0.25, 0.3) is 0 Å². The van der Waals surface area contributed by atoms with E-state index < -0.39 is 21.7 Å². The van der Waals surface area contributed by atoms with Gasteiger partial charge in [-0.3, -0.25) is 0 Å². The molecule has 4 aromatic rings. The zero-order chi connectivity index (χ0) is 22.4. The summed E-state index contributed by atoms with van der Waals surface area (Å²) in [6, 6.07) is 9.25. The molecular weight excluding hydrogens is 433 g/mol. The van der Waals surface area contributed by atoms with Crippen molar-refractivity contribution in [1.82, 2.24) is 29.7 Å². The molecule has 3 heterocycles. The number of benzene rings is 1. The summed E-state index contributed by atoms with van der Waals surface area (Å²) >= 11 is 0. The van der Waals surface area contributed by atoms with E-state index in [1.807, 2.05) is 0 Å². The van der Waals surface area contributed by atoms with Crippen molar-refractivity contribution >= 4 is 20.7 Å². The molecule has 4 rings (SSSR count). The summed E-state index contributed by atoms with van der Waals surface area (Å²) in [6.45, 7) is 1.51.